The van der Waals surface area contributed by atoms with Gasteiger partial charge in [-0.2, -0.15) is 0 Å². The van der Waals surface area contributed by atoms with Crippen molar-refractivity contribution in [2.75, 3.05) is 5.32 Å². The number of rotatable bonds is 5. The van der Waals surface area contributed by atoms with Gasteiger partial charge in [0.2, 0.25) is 5.95 Å². The van der Waals surface area contributed by atoms with Crippen molar-refractivity contribution < 1.29 is 4.79 Å². The number of aromatic nitrogens is 2. The Morgan fingerprint density at radius 3 is 2.50 bits per heavy atom. The number of nitrogens with one attached hydrogen (secondary N) is 2. The molecule has 0 radical (unpaired) electrons. The van der Waals surface area contributed by atoms with Crippen molar-refractivity contribution in [2.24, 2.45) is 0 Å². The Labute approximate surface area is 157 Å². The fraction of sp³-hybridized carbons (Fsp3) is 0.150. The maximum atomic E-state index is 12.5. The van der Waals surface area contributed by atoms with Gasteiger partial charge in [-0.05, 0) is 37.6 Å². The van der Waals surface area contributed by atoms with Crippen LogP contribution in [0.3, 0.4) is 0 Å². The first-order chi connectivity index (χ1) is 12.5. The lowest BCUT2D eigenvalue weighted by Crippen LogP contribution is -2.24. The largest absolute Gasteiger partial charge is 0.347 e. The van der Waals surface area contributed by atoms with Gasteiger partial charge in [0.25, 0.3) is 5.91 Å². The molecule has 3 aromatic rings. The fourth-order valence-corrected chi connectivity index (χ4v) is 2.59. The maximum Gasteiger partial charge on any atom is 0.270 e. The Bertz CT molecular complexity index is 925. The maximum absolute atomic E-state index is 12.5. The molecule has 0 unspecified atom stereocenters. The Morgan fingerprint density at radius 2 is 1.77 bits per heavy atom. The zero-order valence-electron chi connectivity index (χ0n) is 14.6. The molecule has 132 valence electrons. The van der Waals surface area contributed by atoms with Crippen molar-refractivity contribution in [3.63, 3.8) is 0 Å². The third kappa shape index (κ3) is 4.58. The molecule has 26 heavy (non-hydrogen) atoms. The molecule has 0 saturated heterocycles. The van der Waals surface area contributed by atoms with Crippen LogP contribution in [0.15, 0.2) is 54.6 Å². The average Bonchev–Trinajstić information content (AvgIpc) is 2.62. The first-order valence-corrected chi connectivity index (χ1v) is 8.60. The van der Waals surface area contributed by atoms with E-state index in [2.05, 4.69) is 20.6 Å². The van der Waals surface area contributed by atoms with Crippen LogP contribution in [0.1, 0.15) is 27.3 Å². The zero-order valence-corrected chi connectivity index (χ0v) is 15.3. The van der Waals surface area contributed by atoms with Gasteiger partial charge in [0.15, 0.2) is 0 Å². The van der Waals surface area contributed by atoms with E-state index < -0.39 is 0 Å². The summed E-state index contributed by atoms with van der Waals surface area (Å²) in [6.45, 7) is 4.28. The van der Waals surface area contributed by atoms with E-state index in [1.165, 1.54) is 5.56 Å². The van der Waals surface area contributed by atoms with E-state index >= 15 is 0 Å². The zero-order chi connectivity index (χ0) is 18.5. The van der Waals surface area contributed by atoms with Gasteiger partial charge in [0.05, 0.1) is 10.7 Å². The van der Waals surface area contributed by atoms with Crippen molar-refractivity contribution in [1.29, 1.82) is 0 Å². The first kappa shape index (κ1) is 17.9. The minimum Gasteiger partial charge on any atom is -0.347 e. The third-order valence-electron chi connectivity index (χ3n) is 3.78. The molecule has 1 aromatic heterocycles. The highest BCUT2D eigenvalue weighted by molar-refractivity contribution is 6.33. The van der Waals surface area contributed by atoms with E-state index in [0.29, 0.717) is 34.6 Å². The number of hydrogen-bond donors (Lipinski definition) is 2. The molecule has 0 saturated carbocycles. The van der Waals surface area contributed by atoms with E-state index in [0.717, 1.165) is 5.56 Å². The summed E-state index contributed by atoms with van der Waals surface area (Å²) in [6.07, 6.45) is 0. The topological polar surface area (TPSA) is 66.9 Å². The molecule has 2 aromatic carbocycles. The van der Waals surface area contributed by atoms with Gasteiger partial charge in [-0.15, -0.1) is 0 Å². The number of hydrogen-bond acceptors (Lipinski definition) is 4. The molecule has 0 fully saturated rings. The van der Waals surface area contributed by atoms with Gasteiger partial charge >= 0.3 is 0 Å². The number of para-hydroxylation sites is 1. The SMILES string of the molecule is Cc1ccc(CNC(=O)c2cc(C)nc(Nc3ccccc3Cl)n2)cc1. The van der Waals surface area contributed by atoms with Crippen LogP contribution in [0.5, 0.6) is 0 Å². The highest BCUT2D eigenvalue weighted by Crippen LogP contribution is 2.23. The summed E-state index contributed by atoms with van der Waals surface area (Å²) in [5.41, 5.74) is 3.89. The molecule has 0 atom stereocenters. The number of benzene rings is 2. The lowest BCUT2D eigenvalue weighted by Gasteiger charge is -2.10. The van der Waals surface area contributed by atoms with Crippen LogP contribution in [0, 0.1) is 13.8 Å². The normalized spacial score (nSPS) is 10.4. The van der Waals surface area contributed by atoms with E-state index in [1.54, 1.807) is 12.1 Å². The van der Waals surface area contributed by atoms with Gasteiger partial charge in [-0.25, -0.2) is 9.97 Å². The van der Waals surface area contributed by atoms with Crippen molar-refractivity contribution in [3.05, 3.63) is 82.1 Å². The van der Waals surface area contributed by atoms with E-state index in [1.807, 2.05) is 56.3 Å². The molecule has 0 spiro atoms. The number of amides is 1. The molecule has 0 aliphatic rings. The highest BCUT2D eigenvalue weighted by Gasteiger charge is 2.11. The smallest absolute Gasteiger partial charge is 0.270 e. The number of nitrogens with zero attached hydrogens (tertiary/aromatic N) is 2. The molecule has 0 aliphatic heterocycles. The lowest BCUT2D eigenvalue weighted by atomic mass is 10.1. The Kier molecular flexibility index (Phi) is 5.49. The van der Waals surface area contributed by atoms with Gasteiger partial charge in [0, 0.05) is 12.2 Å². The lowest BCUT2D eigenvalue weighted by molar-refractivity contribution is 0.0945. The van der Waals surface area contributed by atoms with Crippen LogP contribution >= 0.6 is 11.6 Å². The summed E-state index contributed by atoms with van der Waals surface area (Å²) in [5, 5.41) is 6.49. The van der Waals surface area contributed by atoms with E-state index in [4.69, 9.17) is 11.6 Å². The predicted molar refractivity (Wildman–Crippen MR) is 104 cm³/mol. The van der Waals surface area contributed by atoms with E-state index in [9.17, 15) is 4.79 Å². The van der Waals surface area contributed by atoms with Gasteiger partial charge in [-0.3, -0.25) is 4.79 Å². The molecular formula is C20H19ClN4O. The predicted octanol–water partition coefficient (Wildman–Crippen LogP) is 4.42. The summed E-state index contributed by atoms with van der Waals surface area (Å²) >= 11 is 6.15. The number of carbonyl (C=O) groups is 1. The fourth-order valence-electron chi connectivity index (χ4n) is 2.40. The molecule has 3 rings (SSSR count). The minimum absolute atomic E-state index is 0.252. The van der Waals surface area contributed by atoms with Crippen molar-refractivity contribution in [1.82, 2.24) is 15.3 Å². The summed E-state index contributed by atoms with van der Waals surface area (Å²) in [7, 11) is 0. The van der Waals surface area contributed by atoms with Crippen molar-refractivity contribution in [3.8, 4) is 0 Å². The summed E-state index contributed by atoms with van der Waals surface area (Å²) in [5.74, 6) is 0.0804. The first-order valence-electron chi connectivity index (χ1n) is 8.22. The summed E-state index contributed by atoms with van der Waals surface area (Å²) < 4.78 is 0. The number of aryl methyl sites for hydroxylation is 2. The molecule has 6 heteroatoms. The molecule has 1 heterocycles. The summed E-state index contributed by atoms with van der Waals surface area (Å²) in [4.78, 5) is 21.1. The van der Waals surface area contributed by atoms with Gasteiger partial charge in [0.1, 0.15) is 5.69 Å². The quantitative estimate of drug-likeness (QED) is 0.701. The standard InChI is InChI=1S/C20H19ClN4O/c1-13-7-9-15(10-8-13)12-22-19(26)18-11-14(2)23-20(25-18)24-17-6-4-3-5-16(17)21/h3-11H,12H2,1-2H3,(H,22,26)(H,23,24,25). The Hall–Kier alpha value is -2.92. The average molecular weight is 367 g/mol. The van der Waals surface area contributed by atoms with Crippen LogP contribution in [-0.4, -0.2) is 15.9 Å². The minimum atomic E-state index is -0.252. The van der Waals surface area contributed by atoms with Crippen LogP contribution < -0.4 is 10.6 Å². The van der Waals surface area contributed by atoms with E-state index in [-0.39, 0.29) is 5.91 Å². The Morgan fingerprint density at radius 1 is 1.04 bits per heavy atom. The molecule has 5 nitrogen and oxygen atoms in total. The summed E-state index contributed by atoms with van der Waals surface area (Å²) in [6, 6.07) is 17.0. The second-order valence-electron chi connectivity index (χ2n) is 5.99. The van der Waals surface area contributed by atoms with Crippen molar-refractivity contribution in [2.45, 2.75) is 20.4 Å². The molecule has 0 bridgehead atoms. The van der Waals surface area contributed by atoms with Crippen LogP contribution in [-0.2, 0) is 6.54 Å². The number of anilines is 2. The second kappa shape index (κ2) is 7.97. The van der Waals surface area contributed by atoms with Crippen LogP contribution in [0.4, 0.5) is 11.6 Å². The molecule has 2 N–H and O–H groups in total. The number of halogens is 1. The van der Waals surface area contributed by atoms with Crippen LogP contribution in [0.2, 0.25) is 5.02 Å². The monoisotopic (exact) mass is 366 g/mol. The molecule has 0 aliphatic carbocycles. The Balaban J connectivity index is 1.73. The number of carbonyl (C=O) groups excluding carboxylic acids is 1. The molecular weight excluding hydrogens is 348 g/mol. The third-order valence-corrected chi connectivity index (χ3v) is 4.11. The second-order valence-corrected chi connectivity index (χ2v) is 6.40. The highest BCUT2D eigenvalue weighted by atomic mass is 35.5. The van der Waals surface area contributed by atoms with Crippen molar-refractivity contribution >= 4 is 29.1 Å². The van der Waals surface area contributed by atoms with Gasteiger partial charge < -0.3 is 10.6 Å². The van der Waals surface area contributed by atoms with Gasteiger partial charge in [-0.1, -0.05) is 53.6 Å². The van der Waals surface area contributed by atoms with Crippen LogP contribution in [0.25, 0.3) is 0 Å². The molecule has 1 amide bonds.